The van der Waals surface area contributed by atoms with Crippen LogP contribution >= 0.6 is 0 Å². The van der Waals surface area contributed by atoms with E-state index in [2.05, 4.69) is 5.32 Å². The van der Waals surface area contributed by atoms with E-state index in [4.69, 9.17) is 9.47 Å². The summed E-state index contributed by atoms with van der Waals surface area (Å²) in [7, 11) is 3.17. The van der Waals surface area contributed by atoms with E-state index in [1.165, 1.54) is 6.07 Å². The molecule has 0 fully saturated rings. The van der Waals surface area contributed by atoms with E-state index in [0.717, 1.165) is 6.54 Å². The first-order chi connectivity index (χ1) is 8.22. The molecule has 0 aromatic heterocycles. The monoisotopic (exact) mass is 241 g/mol. The highest BCUT2D eigenvalue weighted by atomic mass is 19.1. The van der Waals surface area contributed by atoms with Crippen molar-refractivity contribution in [2.75, 3.05) is 20.8 Å². The maximum absolute atomic E-state index is 13.6. The Hall–Kier alpha value is -0.970. The number of nitrogens with one attached hydrogen (secondary N) is 1. The molecule has 1 aromatic rings. The van der Waals surface area contributed by atoms with Crippen molar-refractivity contribution in [3.05, 3.63) is 35.6 Å². The number of halogens is 1. The molecule has 0 amide bonds. The molecular weight excluding hydrogens is 221 g/mol. The van der Waals surface area contributed by atoms with Crippen LogP contribution in [0.5, 0.6) is 0 Å². The van der Waals surface area contributed by atoms with E-state index in [9.17, 15) is 4.39 Å². The van der Waals surface area contributed by atoms with Crippen molar-refractivity contribution in [3.63, 3.8) is 0 Å². The molecule has 1 rings (SSSR count). The largest absolute Gasteiger partial charge is 0.354 e. The minimum absolute atomic E-state index is 0.0631. The van der Waals surface area contributed by atoms with Gasteiger partial charge in [0.1, 0.15) is 5.82 Å². The van der Waals surface area contributed by atoms with Crippen molar-refractivity contribution in [2.24, 2.45) is 0 Å². The van der Waals surface area contributed by atoms with Gasteiger partial charge in [0.15, 0.2) is 6.29 Å². The molecule has 0 heterocycles. The van der Waals surface area contributed by atoms with E-state index in [1.54, 1.807) is 26.4 Å². The first-order valence-corrected chi connectivity index (χ1v) is 5.75. The third-order valence-electron chi connectivity index (χ3n) is 2.66. The van der Waals surface area contributed by atoms with Gasteiger partial charge in [-0.15, -0.1) is 0 Å². The first kappa shape index (κ1) is 14.1. The lowest BCUT2D eigenvalue weighted by atomic mass is 10.0. The van der Waals surface area contributed by atoms with Crippen LogP contribution < -0.4 is 5.32 Å². The van der Waals surface area contributed by atoms with E-state index in [1.807, 2.05) is 13.0 Å². The zero-order valence-corrected chi connectivity index (χ0v) is 10.6. The second-order valence-corrected chi connectivity index (χ2v) is 3.80. The van der Waals surface area contributed by atoms with Crippen LogP contribution in [0.25, 0.3) is 0 Å². The van der Waals surface area contributed by atoms with Crippen molar-refractivity contribution >= 4 is 0 Å². The van der Waals surface area contributed by atoms with E-state index < -0.39 is 0 Å². The number of methoxy groups -OCH3 is 2. The minimum atomic E-state index is -0.380. The summed E-state index contributed by atoms with van der Waals surface area (Å²) in [6.45, 7) is 2.78. The molecule has 1 aromatic carbocycles. The number of likely N-dealkylation sites (N-methyl/N-ethyl adjacent to an activating group) is 1. The fourth-order valence-corrected chi connectivity index (χ4v) is 1.85. The molecule has 0 radical (unpaired) electrons. The lowest BCUT2D eigenvalue weighted by Gasteiger charge is -2.25. The van der Waals surface area contributed by atoms with Crippen LogP contribution in [0.3, 0.4) is 0 Å². The highest BCUT2D eigenvalue weighted by molar-refractivity contribution is 5.18. The Morgan fingerprint density at radius 2 is 1.88 bits per heavy atom. The molecule has 0 aliphatic carbocycles. The third-order valence-corrected chi connectivity index (χ3v) is 2.66. The van der Waals surface area contributed by atoms with Crippen LogP contribution in [-0.4, -0.2) is 33.1 Å². The van der Waals surface area contributed by atoms with Crippen molar-refractivity contribution in [2.45, 2.75) is 25.7 Å². The summed E-state index contributed by atoms with van der Waals surface area (Å²) < 4.78 is 24.0. The zero-order valence-electron chi connectivity index (χ0n) is 10.6. The lowest BCUT2D eigenvalue weighted by Crippen LogP contribution is -2.43. The molecule has 96 valence electrons. The molecule has 0 saturated carbocycles. The van der Waals surface area contributed by atoms with Crippen LogP contribution in [0.4, 0.5) is 4.39 Å². The quantitative estimate of drug-likeness (QED) is 0.740. The predicted octanol–water partition coefficient (Wildman–Crippen LogP) is 1.97. The predicted molar refractivity (Wildman–Crippen MR) is 65.4 cm³/mol. The number of hydrogen-bond donors (Lipinski definition) is 1. The van der Waals surface area contributed by atoms with Crippen LogP contribution in [0.2, 0.25) is 0 Å². The molecule has 0 bridgehead atoms. The smallest absolute Gasteiger partial charge is 0.172 e. The normalized spacial score (nSPS) is 13.0. The number of hydrogen-bond acceptors (Lipinski definition) is 3. The number of ether oxygens (including phenoxy) is 2. The minimum Gasteiger partial charge on any atom is -0.354 e. The van der Waals surface area contributed by atoms with Gasteiger partial charge in [-0.1, -0.05) is 25.1 Å². The maximum atomic E-state index is 13.6. The van der Waals surface area contributed by atoms with Crippen LogP contribution in [-0.2, 0) is 15.9 Å². The van der Waals surface area contributed by atoms with Gasteiger partial charge in [0.05, 0.1) is 6.04 Å². The average Bonchev–Trinajstić information content (AvgIpc) is 2.34. The average molecular weight is 241 g/mol. The summed E-state index contributed by atoms with van der Waals surface area (Å²) in [4.78, 5) is 0. The second kappa shape index (κ2) is 7.37. The summed E-state index contributed by atoms with van der Waals surface area (Å²) in [6, 6.07) is 6.70. The van der Waals surface area contributed by atoms with Crippen LogP contribution in [0.1, 0.15) is 12.5 Å². The molecule has 1 unspecified atom stereocenters. The number of benzene rings is 1. The molecule has 0 spiro atoms. The fraction of sp³-hybridized carbons (Fsp3) is 0.538. The Balaban J connectivity index is 2.75. The van der Waals surface area contributed by atoms with Crippen molar-refractivity contribution in [1.82, 2.24) is 5.32 Å². The van der Waals surface area contributed by atoms with Crippen molar-refractivity contribution in [3.8, 4) is 0 Å². The van der Waals surface area contributed by atoms with E-state index >= 15 is 0 Å². The molecule has 0 aliphatic heterocycles. The first-order valence-electron chi connectivity index (χ1n) is 5.75. The Bertz CT molecular complexity index is 329. The van der Waals surface area contributed by atoms with Crippen molar-refractivity contribution < 1.29 is 13.9 Å². The summed E-state index contributed by atoms with van der Waals surface area (Å²) in [5, 5.41) is 3.24. The highest BCUT2D eigenvalue weighted by Crippen LogP contribution is 2.12. The number of rotatable bonds is 7. The van der Waals surface area contributed by atoms with Crippen LogP contribution in [0.15, 0.2) is 24.3 Å². The van der Waals surface area contributed by atoms with Gasteiger partial charge in [0, 0.05) is 14.2 Å². The van der Waals surface area contributed by atoms with Gasteiger partial charge in [-0.25, -0.2) is 4.39 Å². The van der Waals surface area contributed by atoms with Gasteiger partial charge < -0.3 is 14.8 Å². The summed E-state index contributed by atoms with van der Waals surface area (Å²) >= 11 is 0. The Labute approximate surface area is 102 Å². The van der Waals surface area contributed by atoms with Gasteiger partial charge in [-0.2, -0.15) is 0 Å². The topological polar surface area (TPSA) is 30.5 Å². The maximum Gasteiger partial charge on any atom is 0.172 e. The highest BCUT2D eigenvalue weighted by Gasteiger charge is 2.21. The van der Waals surface area contributed by atoms with Gasteiger partial charge in [-0.05, 0) is 24.6 Å². The molecule has 1 atom stereocenters. The Kier molecular flexibility index (Phi) is 6.11. The third kappa shape index (κ3) is 4.07. The standard InChI is InChI=1S/C13H20FNO2/c1-4-15-12(13(16-2)17-3)9-10-7-5-6-8-11(10)14/h5-8,12-13,15H,4,9H2,1-3H3. The summed E-state index contributed by atoms with van der Waals surface area (Å²) in [6.07, 6.45) is 0.155. The van der Waals surface area contributed by atoms with Gasteiger partial charge in [0.25, 0.3) is 0 Å². The molecule has 4 heteroatoms. The van der Waals surface area contributed by atoms with Gasteiger partial charge in [-0.3, -0.25) is 0 Å². The van der Waals surface area contributed by atoms with Crippen molar-refractivity contribution in [1.29, 1.82) is 0 Å². The molecule has 17 heavy (non-hydrogen) atoms. The Morgan fingerprint density at radius 1 is 1.24 bits per heavy atom. The summed E-state index contributed by atoms with van der Waals surface area (Å²) in [5.41, 5.74) is 0.664. The van der Waals surface area contributed by atoms with Crippen LogP contribution in [0, 0.1) is 5.82 Å². The SMILES string of the molecule is CCNC(Cc1ccccc1F)C(OC)OC. The van der Waals surface area contributed by atoms with E-state index in [0.29, 0.717) is 12.0 Å². The molecule has 0 saturated heterocycles. The molecular formula is C13H20FNO2. The van der Waals surface area contributed by atoms with Gasteiger partial charge in [0.2, 0.25) is 0 Å². The Morgan fingerprint density at radius 3 is 2.41 bits per heavy atom. The fourth-order valence-electron chi connectivity index (χ4n) is 1.85. The molecule has 0 aliphatic rings. The zero-order chi connectivity index (χ0) is 12.7. The molecule has 3 nitrogen and oxygen atoms in total. The second-order valence-electron chi connectivity index (χ2n) is 3.80. The van der Waals surface area contributed by atoms with E-state index in [-0.39, 0.29) is 18.1 Å². The lowest BCUT2D eigenvalue weighted by molar-refractivity contribution is -0.122. The summed E-state index contributed by atoms with van der Waals surface area (Å²) in [5.74, 6) is -0.193. The molecule has 1 N–H and O–H groups in total. The van der Waals surface area contributed by atoms with Gasteiger partial charge >= 0.3 is 0 Å².